The zero-order valence-corrected chi connectivity index (χ0v) is 14.0. The number of hydrogen-bond donors (Lipinski definition) is 0. The van der Waals surface area contributed by atoms with E-state index in [2.05, 4.69) is 36.7 Å². The van der Waals surface area contributed by atoms with E-state index in [0.29, 0.717) is 10.0 Å². The van der Waals surface area contributed by atoms with Crippen molar-refractivity contribution in [2.75, 3.05) is 0 Å². The molecular formula is C18H18BrFO. The molecule has 0 unspecified atom stereocenters. The average Bonchev–Trinajstić information content (AvgIpc) is 2.47. The molecule has 3 heteroatoms. The predicted octanol–water partition coefficient (Wildman–Crippen LogP) is 5.51. The fourth-order valence-electron chi connectivity index (χ4n) is 2.14. The van der Waals surface area contributed by atoms with Gasteiger partial charge in [0, 0.05) is 10.0 Å². The molecule has 110 valence electrons. The van der Waals surface area contributed by atoms with Gasteiger partial charge in [0.1, 0.15) is 5.82 Å². The van der Waals surface area contributed by atoms with E-state index in [4.69, 9.17) is 0 Å². The number of rotatable bonds is 4. The van der Waals surface area contributed by atoms with Crippen LogP contribution in [0, 0.1) is 5.82 Å². The molecule has 0 atom stereocenters. The van der Waals surface area contributed by atoms with E-state index in [1.165, 1.54) is 11.6 Å². The lowest BCUT2D eigenvalue weighted by Crippen LogP contribution is -2.15. The first kappa shape index (κ1) is 15.9. The molecule has 2 aromatic rings. The second-order valence-corrected chi connectivity index (χ2v) is 6.59. The largest absolute Gasteiger partial charge is 0.288 e. The van der Waals surface area contributed by atoms with Crippen LogP contribution in [0.4, 0.5) is 4.39 Å². The highest BCUT2D eigenvalue weighted by atomic mass is 79.9. The summed E-state index contributed by atoms with van der Waals surface area (Å²) in [7, 11) is 0. The van der Waals surface area contributed by atoms with Crippen molar-refractivity contribution in [2.45, 2.75) is 32.6 Å². The maximum atomic E-state index is 13.9. The van der Waals surface area contributed by atoms with Gasteiger partial charge < -0.3 is 0 Å². The van der Waals surface area contributed by atoms with E-state index >= 15 is 0 Å². The van der Waals surface area contributed by atoms with Gasteiger partial charge in [0.25, 0.3) is 0 Å². The standard InChI is InChI=1S/C18H18BrFO/c1-4-18(2,3)13-10-8-12(9-11-13)17(21)16-14(19)6-5-7-15(16)20/h5-11H,4H2,1-3H3. The van der Waals surface area contributed by atoms with E-state index in [1.54, 1.807) is 24.3 Å². The molecular weight excluding hydrogens is 331 g/mol. The van der Waals surface area contributed by atoms with E-state index in [0.717, 1.165) is 6.42 Å². The van der Waals surface area contributed by atoms with Crippen LogP contribution in [0.25, 0.3) is 0 Å². The first-order chi connectivity index (χ1) is 9.86. The lowest BCUT2D eigenvalue weighted by Gasteiger charge is -2.23. The van der Waals surface area contributed by atoms with Crippen LogP contribution in [0.3, 0.4) is 0 Å². The molecule has 2 rings (SSSR count). The number of halogens is 2. The lowest BCUT2D eigenvalue weighted by atomic mass is 9.82. The van der Waals surface area contributed by atoms with Crippen molar-refractivity contribution in [1.29, 1.82) is 0 Å². The Hall–Kier alpha value is -1.48. The summed E-state index contributed by atoms with van der Waals surface area (Å²) in [5.41, 5.74) is 1.82. The molecule has 0 aliphatic rings. The van der Waals surface area contributed by atoms with Gasteiger partial charge in [-0.15, -0.1) is 0 Å². The number of carbonyl (C=O) groups excluding carboxylic acids is 1. The molecule has 0 spiro atoms. The van der Waals surface area contributed by atoms with Crippen LogP contribution in [0.15, 0.2) is 46.9 Å². The van der Waals surface area contributed by atoms with Gasteiger partial charge in [0.2, 0.25) is 0 Å². The number of hydrogen-bond acceptors (Lipinski definition) is 1. The topological polar surface area (TPSA) is 17.1 Å². The van der Waals surface area contributed by atoms with Crippen molar-refractivity contribution in [3.63, 3.8) is 0 Å². The number of benzene rings is 2. The molecule has 0 heterocycles. The molecule has 0 fully saturated rings. The molecule has 0 aliphatic carbocycles. The van der Waals surface area contributed by atoms with E-state index in [-0.39, 0.29) is 16.8 Å². The molecule has 0 aromatic heterocycles. The molecule has 0 saturated carbocycles. The third-order valence-electron chi connectivity index (χ3n) is 4.00. The Morgan fingerprint density at radius 3 is 2.29 bits per heavy atom. The predicted molar refractivity (Wildman–Crippen MR) is 87.3 cm³/mol. The third kappa shape index (κ3) is 3.24. The van der Waals surface area contributed by atoms with Crippen LogP contribution in [-0.4, -0.2) is 5.78 Å². The monoisotopic (exact) mass is 348 g/mol. The summed E-state index contributed by atoms with van der Waals surface area (Å²) < 4.78 is 14.3. The number of ketones is 1. The van der Waals surface area contributed by atoms with Gasteiger partial charge in [0.05, 0.1) is 5.56 Å². The summed E-state index contributed by atoms with van der Waals surface area (Å²) in [5.74, 6) is -0.812. The van der Waals surface area contributed by atoms with Crippen molar-refractivity contribution in [3.05, 3.63) is 69.4 Å². The summed E-state index contributed by atoms with van der Waals surface area (Å²) in [6.07, 6.45) is 1.01. The van der Waals surface area contributed by atoms with Crippen molar-refractivity contribution < 1.29 is 9.18 Å². The lowest BCUT2D eigenvalue weighted by molar-refractivity contribution is 0.103. The summed E-state index contributed by atoms with van der Waals surface area (Å²) in [6, 6.07) is 12.0. The zero-order chi connectivity index (χ0) is 15.6. The minimum Gasteiger partial charge on any atom is -0.288 e. The summed E-state index contributed by atoms with van der Waals surface area (Å²) in [4.78, 5) is 12.4. The van der Waals surface area contributed by atoms with Gasteiger partial charge in [-0.3, -0.25) is 4.79 Å². The SMILES string of the molecule is CCC(C)(C)c1ccc(C(=O)c2c(F)cccc2Br)cc1. The highest BCUT2D eigenvalue weighted by Gasteiger charge is 2.20. The van der Waals surface area contributed by atoms with Crippen LogP contribution in [0.1, 0.15) is 48.7 Å². The van der Waals surface area contributed by atoms with E-state index < -0.39 is 5.82 Å². The molecule has 2 aromatic carbocycles. The Morgan fingerprint density at radius 1 is 1.14 bits per heavy atom. The van der Waals surface area contributed by atoms with Crippen molar-refractivity contribution in [1.82, 2.24) is 0 Å². The maximum absolute atomic E-state index is 13.9. The molecule has 0 radical (unpaired) electrons. The smallest absolute Gasteiger partial charge is 0.197 e. The van der Waals surface area contributed by atoms with E-state index in [1.807, 2.05) is 12.1 Å². The van der Waals surface area contributed by atoms with Crippen LogP contribution < -0.4 is 0 Å². The Bertz CT molecular complexity index is 639. The quantitative estimate of drug-likeness (QED) is 0.666. The summed E-state index contributed by atoms with van der Waals surface area (Å²) in [6.45, 7) is 6.46. The first-order valence-corrected chi connectivity index (χ1v) is 7.75. The van der Waals surface area contributed by atoms with Gasteiger partial charge >= 0.3 is 0 Å². The summed E-state index contributed by atoms with van der Waals surface area (Å²) >= 11 is 3.24. The highest BCUT2D eigenvalue weighted by molar-refractivity contribution is 9.10. The Morgan fingerprint density at radius 2 is 1.76 bits per heavy atom. The first-order valence-electron chi connectivity index (χ1n) is 6.96. The Balaban J connectivity index is 2.37. The molecule has 0 aliphatic heterocycles. The number of carbonyl (C=O) groups is 1. The van der Waals surface area contributed by atoms with Crippen molar-refractivity contribution in [2.24, 2.45) is 0 Å². The molecule has 0 bridgehead atoms. The Labute approximate surface area is 133 Å². The molecule has 0 amide bonds. The molecule has 0 N–H and O–H groups in total. The second kappa shape index (κ2) is 6.10. The zero-order valence-electron chi connectivity index (χ0n) is 12.4. The van der Waals surface area contributed by atoms with Crippen molar-refractivity contribution in [3.8, 4) is 0 Å². The van der Waals surface area contributed by atoms with Crippen LogP contribution in [0.5, 0.6) is 0 Å². The fourth-order valence-corrected chi connectivity index (χ4v) is 2.66. The van der Waals surface area contributed by atoms with Crippen LogP contribution in [-0.2, 0) is 5.41 Å². The second-order valence-electron chi connectivity index (χ2n) is 5.74. The third-order valence-corrected chi connectivity index (χ3v) is 4.66. The fraction of sp³-hybridized carbons (Fsp3) is 0.278. The minimum absolute atomic E-state index is 0.0696. The highest BCUT2D eigenvalue weighted by Crippen LogP contribution is 2.28. The van der Waals surface area contributed by atoms with Gasteiger partial charge in [-0.05, 0) is 45.5 Å². The molecule has 0 saturated heterocycles. The van der Waals surface area contributed by atoms with Crippen molar-refractivity contribution >= 4 is 21.7 Å². The van der Waals surface area contributed by atoms with E-state index in [9.17, 15) is 9.18 Å². The minimum atomic E-state index is -0.507. The summed E-state index contributed by atoms with van der Waals surface area (Å²) in [5, 5.41) is 0. The Kier molecular flexibility index (Phi) is 4.62. The molecule has 1 nitrogen and oxygen atoms in total. The van der Waals surface area contributed by atoms with Gasteiger partial charge in [-0.1, -0.05) is 51.1 Å². The molecule has 21 heavy (non-hydrogen) atoms. The van der Waals surface area contributed by atoms with Crippen LogP contribution >= 0.6 is 15.9 Å². The van der Waals surface area contributed by atoms with Gasteiger partial charge in [-0.25, -0.2) is 4.39 Å². The normalized spacial score (nSPS) is 11.5. The maximum Gasteiger partial charge on any atom is 0.197 e. The van der Waals surface area contributed by atoms with Gasteiger partial charge in [-0.2, -0.15) is 0 Å². The van der Waals surface area contributed by atoms with Crippen LogP contribution in [0.2, 0.25) is 0 Å². The average molecular weight is 349 g/mol. The van der Waals surface area contributed by atoms with Gasteiger partial charge in [0.15, 0.2) is 5.78 Å².